The van der Waals surface area contributed by atoms with E-state index in [0.717, 1.165) is 37.9 Å². The molecule has 0 radical (unpaired) electrons. The third kappa shape index (κ3) is 7.32. The molecule has 172 valence electrons. The number of nitrogens with one attached hydrogen (secondary N) is 2. The average Bonchev–Trinajstić information content (AvgIpc) is 3.33. The van der Waals surface area contributed by atoms with Gasteiger partial charge in [-0.1, -0.05) is 13.0 Å². The van der Waals surface area contributed by atoms with E-state index in [1.807, 2.05) is 6.92 Å². The summed E-state index contributed by atoms with van der Waals surface area (Å²) in [6.07, 6.45) is 3.22. The van der Waals surface area contributed by atoms with E-state index in [1.165, 1.54) is 17.7 Å². The summed E-state index contributed by atoms with van der Waals surface area (Å²) in [7, 11) is -3.04. The van der Waals surface area contributed by atoms with E-state index in [2.05, 4.69) is 40.0 Å². The number of aliphatic imine (C=N–C) groups is 1. The highest BCUT2D eigenvalue weighted by Crippen LogP contribution is 2.29. The first kappa shape index (κ1) is 25.8. The maximum atomic E-state index is 12.0. The fraction of sp³-hybridized carbons (Fsp3) is 0.750. The Balaban J connectivity index is 0.00000320. The van der Waals surface area contributed by atoms with Gasteiger partial charge in [0.05, 0.1) is 18.3 Å². The number of rotatable bonds is 8. The Kier molecular flexibility index (Phi) is 10.8. The second-order valence-electron chi connectivity index (χ2n) is 7.96. The Hall–Kier alpha value is -0.430. The largest absolute Gasteiger partial charge is 0.357 e. The lowest BCUT2D eigenvalue weighted by Crippen LogP contribution is -2.43. The minimum atomic E-state index is -3.04. The van der Waals surface area contributed by atoms with Crippen LogP contribution in [0, 0.1) is 5.92 Å². The van der Waals surface area contributed by atoms with Crippen LogP contribution >= 0.6 is 35.3 Å². The first-order valence-corrected chi connectivity index (χ1v) is 13.3. The second kappa shape index (κ2) is 12.6. The van der Waals surface area contributed by atoms with E-state index in [9.17, 15) is 8.42 Å². The van der Waals surface area contributed by atoms with Crippen LogP contribution in [0.5, 0.6) is 0 Å². The van der Waals surface area contributed by atoms with Crippen molar-refractivity contribution in [3.8, 4) is 0 Å². The highest BCUT2D eigenvalue weighted by atomic mass is 127. The Morgan fingerprint density at radius 2 is 2.07 bits per heavy atom. The molecule has 2 aliphatic rings. The van der Waals surface area contributed by atoms with Gasteiger partial charge in [0, 0.05) is 31.1 Å². The van der Waals surface area contributed by atoms with Gasteiger partial charge in [-0.25, -0.2) is 12.7 Å². The molecule has 0 saturated carbocycles. The molecule has 0 aromatic carbocycles. The van der Waals surface area contributed by atoms with Crippen molar-refractivity contribution in [3.63, 3.8) is 0 Å². The van der Waals surface area contributed by atoms with Crippen molar-refractivity contribution in [1.29, 1.82) is 0 Å². The summed E-state index contributed by atoms with van der Waals surface area (Å²) in [6.45, 7) is 9.79. The summed E-state index contributed by atoms with van der Waals surface area (Å²) < 4.78 is 25.5. The molecule has 3 heterocycles. The molecule has 30 heavy (non-hydrogen) atoms. The zero-order chi connectivity index (χ0) is 20.7. The SMILES string of the molecule is CCNC(=NCC(c1cccs1)N1CCC(C)CC1)NCCN1CCCS1(=O)=O.I. The van der Waals surface area contributed by atoms with Gasteiger partial charge in [0.2, 0.25) is 10.0 Å². The maximum absolute atomic E-state index is 12.0. The second-order valence-corrected chi connectivity index (χ2v) is 11.0. The van der Waals surface area contributed by atoms with Crippen molar-refractivity contribution in [2.24, 2.45) is 10.9 Å². The molecule has 0 spiro atoms. The van der Waals surface area contributed by atoms with Gasteiger partial charge in [-0.3, -0.25) is 9.89 Å². The number of likely N-dealkylation sites (tertiary alicyclic amines) is 1. The third-order valence-corrected chi connectivity index (χ3v) is 8.68. The van der Waals surface area contributed by atoms with Crippen LogP contribution in [0.3, 0.4) is 0 Å². The zero-order valence-electron chi connectivity index (χ0n) is 18.0. The van der Waals surface area contributed by atoms with Gasteiger partial charge >= 0.3 is 0 Å². The van der Waals surface area contributed by atoms with Crippen LogP contribution in [0.15, 0.2) is 22.5 Å². The van der Waals surface area contributed by atoms with Crippen LogP contribution in [0.25, 0.3) is 0 Å². The van der Waals surface area contributed by atoms with Crippen LogP contribution in [0.1, 0.15) is 44.0 Å². The molecule has 1 aromatic heterocycles. The van der Waals surface area contributed by atoms with Gasteiger partial charge in [-0.2, -0.15) is 0 Å². The lowest BCUT2D eigenvalue weighted by Gasteiger charge is -2.35. The van der Waals surface area contributed by atoms with Crippen LogP contribution in [0.2, 0.25) is 0 Å². The molecule has 7 nitrogen and oxygen atoms in total. The number of sulfonamides is 1. The Morgan fingerprint density at radius 1 is 1.30 bits per heavy atom. The maximum Gasteiger partial charge on any atom is 0.214 e. The number of halogens is 1. The van der Waals surface area contributed by atoms with Gasteiger partial charge in [0.15, 0.2) is 5.96 Å². The number of thiophene rings is 1. The summed E-state index contributed by atoms with van der Waals surface area (Å²) in [4.78, 5) is 8.78. The molecule has 2 aliphatic heterocycles. The van der Waals surface area contributed by atoms with Crippen molar-refractivity contribution in [3.05, 3.63) is 22.4 Å². The van der Waals surface area contributed by atoms with Crippen molar-refractivity contribution >= 4 is 51.3 Å². The molecule has 0 bridgehead atoms. The predicted molar refractivity (Wildman–Crippen MR) is 136 cm³/mol. The van der Waals surface area contributed by atoms with Crippen molar-refractivity contribution < 1.29 is 8.42 Å². The molecular weight excluding hydrogens is 533 g/mol. The van der Waals surface area contributed by atoms with Gasteiger partial charge in [-0.05, 0) is 56.6 Å². The molecule has 3 rings (SSSR count). The molecule has 0 amide bonds. The Morgan fingerprint density at radius 3 is 2.67 bits per heavy atom. The van der Waals surface area contributed by atoms with Crippen LogP contribution in [0.4, 0.5) is 0 Å². The van der Waals surface area contributed by atoms with E-state index < -0.39 is 10.0 Å². The van der Waals surface area contributed by atoms with E-state index in [-0.39, 0.29) is 29.7 Å². The van der Waals surface area contributed by atoms with Gasteiger partial charge in [0.25, 0.3) is 0 Å². The predicted octanol–water partition coefficient (Wildman–Crippen LogP) is 2.73. The lowest BCUT2D eigenvalue weighted by molar-refractivity contribution is 0.143. The summed E-state index contributed by atoms with van der Waals surface area (Å²) in [5, 5.41) is 8.75. The number of hydrogen-bond donors (Lipinski definition) is 2. The molecule has 1 aromatic rings. The van der Waals surface area contributed by atoms with E-state index >= 15 is 0 Å². The smallest absolute Gasteiger partial charge is 0.214 e. The molecule has 1 unspecified atom stereocenters. The standard InChI is InChI=1S/C20H35N5O2S2.HI/c1-3-21-20(22-9-13-25-10-5-15-29(25,26)27)23-16-18(19-6-4-14-28-19)24-11-7-17(2)8-12-24;/h4,6,14,17-18H,3,5,7-13,15-16H2,1-2H3,(H2,21,22,23);1H. The summed E-state index contributed by atoms with van der Waals surface area (Å²) >= 11 is 1.80. The fourth-order valence-electron chi connectivity index (χ4n) is 3.97. The van der Waals surface area contributed by atoms with E-state index in [0.29, 0.717) is 32.2 Å². The highest BCUT2D eigenvalue weighted by Gasteiger charge is 2.28. The van der Waals surface area contributed by atoms with Crippen LogP contribution in [-0.4, -0.2) is 75.1 Å². The van der Waals surface area contributed by atoms with Crippen LogP contribution in [-0.2, 0) is 10.0 Å². The molecule has 2 saturated heterocycles. The number of piperidine rings is 1. The van der Waals surface area contributed by atoms with Crippen molar-refractivity contribution in [2.75, 3.05) is 51.6 Å². The molecular formula is C20H36IN5O2S2. The zero-order valence-corrected chi connectivity index (χ0v) is 22.0. The van der Waals surface area contributed by atoms with Crippen molar-refractivity contribution in [1.82, 2.24) is 19.8 Å². The van der Waals surface area contributed by atoms with Gasteiger partial charge < -0.3 is 10.6 Å². The lowest BCUT2D eigenvalue weighted by atomic mass is 9.97. The monoisotopic (exact) mass is 569 g/mol. The number of nitrogens with zero attached hydrogens (tertiary/aromatic N) is 3. The molecule has 2 N–H and O–H groups in total. The quantitative estimate of drug-likeness (QED) is 0.286. The molecule has 10 heteroatoms. The fourth-order valence-corrected chi connectivity index (χ4v) is 6.35. The van der Waals surface area contributed by atoms with E-state index in [1.54, 1.807) is 15.6 Å². The number of guanidine groups is 1. The summed E-state index contributed by atoms with van der Waals surface area (Å²) in [6, 6.07) is 4.63. The van der Waals surface area contributed by atoms with Gasteiger partial charge in [-0.15, -0.1) is 35.3 Å². The topological polar surface area (TPSA) is 77.0 Å². The number of hydrogen-bond acceptors (Lipinski definition) is 5. The minimum absolute atomic E-state index is 0. The Bertz CT molecular complexity index is 749. The normalized spacial score (nSPS) is 21.9. The van der Waals surface area contributed by atoms with Gasteiger partial charge in [0.1, 0.15) is 0 Å². The average molecular weight is 570 g/mol. The molecule has 1 atom stereocenters. The van der Waals surface area contributed by atoms with E-state index in [4.69, 9.17) is 4.99 Å². The van der Waals surface area contributed by atoms with Crippen molar-refractivity contribution in [2.45, 2.75) is 39.2 Å². The first-order valence-electron chi connectivity index (χ1n) is 10.8. The first-order chi connectivity index (χ1) is 14.0. The summed E-state index contributed by atoms with van der Waals surface area (Å²) in [5.41, 5.74) is 0. The minimum Gasteiger partial charge on any atom is -0.357 e. The highest BCUT2D eigenvalue weighted by molar-refractivity contribution is 14.0. The molecule has 2 fully saturated rings. The third-order valence-electron chi connectivity index (χ3n) is 5.75. The van der Waals surface area contributed by atoms with Crippen LogP contribution < -0.4 is 10.6 Å². The summed E-state index contributed by atoms with van der Waals surface area (Å²) in [5.74, 6) is 1.84. The molecule has 0 aliphatic carbocycles. The Labute approximate surface area is 202 Å².